The molecular weight excluding hydrogens is 310 g/mol. The molecule has 2 aromatic heterocycles. The predicted molar refractivity (Wildman–Crippen MR) is 90.3 cm³/mol. The second-order valence-electron chi connectivity index (χ2n) is 6.00. The third-order valence-electron chi connectivity index (χ3n) is 4.16. The highest BCUT2D eigenvalue weighted by atomic mass is 32.1. The number of nitrogens with zero attached hydrogens (tertiary/aromatic N) is 4. The SMILES string of the molecule is CCc1nc(CN2CCCC(NCc3csc(CC)n3)C2)no1. The number of aromatic nitrogens is 3. The summed E-state index contributed by atoms with van der Waals surface area (Å²) in [5.74, 6) is 1.52. The lowest BCUT2D eigenvalue weighted by molar-refractivity contribution is 0.177. The quantitative estimate of drug-likeness (QED) is 0.838. The minimum Gasteiger partial charge on any atom is -0.339 e. The van der Waals surface area contributed by atoms with Crippen molar-refractivity contribution in [2.24, 2.45) is 0 Å². The summed E-state index contributed by atoms with van der Waals surface area (Å²) < 4.78 is 5.19. The lowest BCUT2D eigenvalue weighted by Crippen LogP contribution is -2.45. The molecule has 2 aromatic rings. The molecule has 6 nitrogen and oxygen atoms in total. The van der Waals surface area contributed by atoms with Gasteiger partial charge in [0.05, 0.1) is 17.2 Å². The van der Waals surface area contributed by atoms with E-state index in [2.05, 4.69) is 37.6 Å². The summed E-state index contributed by atoms with van der Waals surface area (Å²) >= 11 is 1.75. The predicted octanol–water partition coefficient (Wildman–Crippen LogP) is 2.41. The molecule has 0 bridgehead atoms. The van der Waals surface area contributed by atoms with Crippen molar-refractivity contribution in [3.63, 3.8) is 0 Å². The lowest BCUT2D eigenvalue weighted by atomic mass is 10.1. The first-order valence-corrected chi connectivity index (χ1v) is 9.35. The van der Waals surface area contributed by atoms with Crippen LogP contribution < -0.4 is 5.32 Å². The average Bonchev–Trinajstić information content (AvgIpc) is 3.22. The van der Waals surface area contributed by atoms with Gasteiger partial charge in [0.15, 0.2) is 5.82 Å². The maximum absolute atomic E-state index is 5.19. The number of hydrogen-bond acceptors (Lipinski definition) is 7. The van der Waals surface area contributed by atoms with Crippen LogP contribution in [0.4, 0.5) is 0 Å². The summed E-state index contributed by atoms with van der Waals surface area (Å²) in [7, 11) is 0. The summed E-state index contributed by atoms with van der Waals surface area (Å²) in [6.07, 6.45) is 4.23. The van der Waals surface area contributed by atoms with Crippen LogP contribution in [-0.4, -0.2) is 39.2 Å². The van der Waals surface area contributed by atoms with Crippen molar-refractivity contribution in [1.82, 2.24) is 25.3 Å². The van der Waals surface area contributed by atoms with Gasteiger partial charge in [0.25, 0.3) is 0 Å². The van der Waals surface area contributed by atoms with Crippen molar-refractivity contribution in [3.8, 4) is 0 Å². The number of aryl methyl sites for hydroxylation is 2. The Hall–Kier alpha value is -1.31. The van der Waals surface area contributed by atoms with Gasteiger partial charge in [-0.1, -0.05) is 19.0 Å². The van der Waals surface area contributed by atoms with Crippen LogP contribution in [0.5, 0.6) is 0 Å². The summed E-state index contributed by atoms with van der Waals surface area (Å²) in [6, 6.07) is 0.507. The Bertz CT molecular complexity index is 611. The number of nitrogens with one attached hydrogen (secondary N) is 1. The van der Waals surface area contributed by atoms with Crippen LogP contribution in [0.25, 0.3) is 0 Å². The van der Waals surface area contributed by atoms with Crippen molar-refractivity contribution in [3.05, 3.63) is 27.8 Å². The molecule has 1 N–H and O–H groups in total. The number of rotatable bonds is 7. The molecule has 0 aromatic carbocycles. The largest absolute Gasteiger partial charge is 0.339 e. The van der Waals surface area contributed by atoms with Gasteiger partial charge in [-0.25, -0.2) is 4.98 Å². The van der Waals surface area contributed by atoms with E-state index in [4.69, 9.17) is 4.52 Å². The minimum atomic E-state index is 0.507. The van der Waals surface area contributed by atoms with Crippen LogP contribution in [0.3, 0.4) is 0 Å². The van der Waals surface area contributed by atoms with Gasteiger partial charge in [-0.2, -0.15) is 4.98 Å². The molecule has 23 heavy (non-hydrogen) atoms. The first kappa shape index (κ1) is 16.5. The van der Waals surface area contributed by atoms with E-state index in [0.717, 1.165) is 56.4 Å². The highest BCUT2D eigenvalue weighted by molar-refractivity contribution is 7.09. The van der Waals surface area contributed by atoms with Gasteiger partial charge < -0.3 is 9.84 Å². The molecule has 1 fully saturated rings. The van der Waals surface area contributed by atoms with Gasteiger partial charge in [0, 0.05) is 30.9 Å². The van der Waals surface area contributed by atoms with E-state index in [0.29, 0.717) is 6.04 Å². The molecule has 1 unspecified atom stereocenters. The van der Waals surface area contributed by atoms with Crippen molar-refractivity contribution in [2.75, 3.05) is 13.1 Å². The van der Waals surface area contributed by atoms with E-state index in [9.17, 15) is 0 Å². The fourth-order valence-corrected chi connectivity index (χ4v) is 3.65. The van der Waals surface area contributed by atoms with Gasteiger partial charge in [0.2, 0.25) is 5.89 Å². The molecule has 0 radical (unpaired) electrons. The molecule has 0 aliphatic carbocycles. The van der Waals surface area contributed by atoms with Crippen LogP contribution in [0.1, 0.15) is 49.1 Å². The fraction of sp³-hybridized carbons (Fsp3) is 0.688. The zero-order valence-electron chi connectivity index (χ0n) is 13.9. The Morgan fingerprint density at radius 3 is 3.00 bits per heavy atom. The topological polar surface area (TPSA) is 67.1 Å². The monoisotopic (exact) mass is 335 g/mol. The molecule has 1 saturated heterocycles. The van der Waals surface area contributed by atoms with Gasteiger partial charge in [-0.05, 0) is 25.8 Å². The highest BCUT2D eigenvalue weighted by Gasteiger charge is 2.21. The number of likely N-dealkylation sites (tertiary alicyclic amines) is 1. The van der Waals surface area contributed by atoms with E-state index in [1.807, 2.05) is 6.92 Å². The van der Waals surface area contributed by atoms with Crippen LogP contribution in [-0.2, 0) is 25.9 Å². The first-order valence-electron chi connectivity index (χ1n) is 8.47. The zero-order chi connectivity index (χ0) is 16.1. The minimum absolute atomic E-state index is 0.507. The molecule has 0 amide bonds. The maximum atomic E-state index is 5.19. The third-order valence-corrected chi connectivity index (χ3v) is 5.20. The number of thiazole rings is 1. The molecule has 0 saturated carbocycles. The van der Waals surface area contributed by atoms with Gasteiger partial charge in [0.1, 0.15) is 0 Å². The second-order valence-corrected chi connectivity index (χ2v) is 6.94. The Kier molecular flexibility index (Phi) is 5.75. The maximum Gasteiger partial charge on any atom is 0.226 e. The average molecular weight is 335 g/mol. The molecule has 3 rings (SSSR count). The van der Waals surface area contributed by atoms with Crippen LogP contribution >= 0.6 is 11.3 Å². The van der Waals surface area contributed by atoms with E-state index in [1.54, 1.807) is 11.3 Å². The second kappa shape index (κ2) is 7.99. The Labute approximate surface area is 141 Å². The fourth-order valence-electron chi connectivity index (χ4n) is 2.91. The zero-order valence-corrected chi connectivity index (χ0v) is 14.7. The molecule has 0 spiro atoms. The van der Waals surface area contributed by atoms with E-state index in [-0.39, 0.29) is 0 Å². The van der Waals surface area contributed by atoms with E-state index < -0.39 is 0 Å². The molecule has 3 heterocycles. The van der Waals surface area contributed by atoms with Gasteiger partial charge >= 0.3 is 0 Å². The van der Waals surface area contributed by atoms with Gasteiger partial charge in [-0.3, -0.25) is 4.90 Å². The first-order chi connectivity index (χ1) is 11.3. The molecule has 7 heteroatoms. The third kappa shape index (κ3) is 4.59. The molecule has 1 aliphatic heterocycles. The highest BCUT2D eigenvalue weighted by Crippen LogP contribution is 2.14. The number of piperidine rings is 1. The standard InChI is InChI=1S/C16H25N5OS/c1-3-15-19-14(20-22-15)10-21-7-5-6-12(9-21)17-8-13-11-23-16(4-2)18-13/h11-12,17H,3-10H2,1-2H3. The smallest absolute Gasteiger partial charge is 0.226 e. The van der Waals surface area contributed by atoms with Gasteiger partial charge in [-0.15, -0.1) is 11.3 Å². The summed E-state index contributed by atoms with van der Waals surface area (Å²) in [4.78, 5) is 11.4. The van der Waals surface area contributed by atoms with Crippen LogP contribution in [0.15, 0.2) is 9.90 Å². The Balaban J connectivity index is 1.47. The van der Waals surface area contributed by atoms with Crippen molar-refractivity contribution < 1.29 is 4.52 Å². The summed E-state index contributed by atoms with van der Waals surface area (Å²) in [5.41, 5.74) is 1.16. The van der Waals surface area contributed by atoms with E-state index in [1.165, 1.54) is 17.8 Å². The van der Waals surface area contributed by atoms with Crippen molar-refractivity contribution in [2.45, 2.75) is 58.7 Å². The lowest BCUT2D eigenvalue weighted by Gasteiger charge is -2.32. The Morgan fingerprint density at radius 1 is 1.35 bits per heavy atom. The summed E-state index contributed by atoms with van der Waals surface area (Å²) in [6.45, 7) is 7.94. The van der Waals surface area contributed by atoms with Crippen molar-refractivity contribution in [1.29, 1.82) is 0 Å². The molecule has 126 valence electrons. The van der Waals surface area contributed by atoms with Crippen molar-refractivity contribution >= 4 is 11.3 Å². The Morgan fingerprint density at radius 2 is 2.26 bits per heavy atom. The molecular formula is C16H25N5OS. The van der Waals surface area contributed by atoms with Crippen LogP contribution in [0.2, 0.25) is 0 Å². The molecule has 1 atom stereocenters. The van der Waals surface area contributed by atoms with E-state index >= 15 is 0 Å². The summed E-state index contributed by atoms with van der Waals surface area (Å²) in [5, 5.41) is 11.1. The van der Waals surface area contributed by atoms with Crippen LogP contribution in [0, 0.1) is 0 Å². The number of hydrogen-bond donors (Lipinski definition) is 1. The molecule has 1 aliphatic rings. The normalized spacial score (nSPS) is 19.3.